The molecule has 2 aliphatic rings. The first-order valence-corrected chi connectivity index (χ1v) is 15.0. The molecule has 4 rings (SSSR count). The largest absolute Gasteiger partial charge is 0.491 e. The van der Waals surface area contributed by atoms with Crippen molar-refractivity contribution in [1.29, 1.82) is 0 Å². The summed E-state index contributed by atoms with van der Waals surface area (Å²) < 4.78 is 46.1. The number of carbonyl (C=O) groups is 2. The summed E-state index contributed by atoms with van der Waals surface area (Å²) in [5.74, 6) is -0.642. The number of rotatable bonds is 15. The number of benzene rings is 2. The van der Waals surface area contributed by atoms with Gasteiger partial charge in [0.2, 0.25) is 0 Å². The van der Waals surface area contributed by atoms with Crippen LogP contribution in [0, 0.1) is 5.92 Å². The van der Waals surface area contributed by atoms with Crippen molar-refractivity contribution in [3.63, 3.8) is 0 Å². The molecule has 0 bridgehead atoms. The van der Waals surface area contributed by atoms with Crippen LogP contribution in [-0.4, -0.2) is 95.6 Å². The van der Waals surface area contributed by atoms with Crippen LogP contribution < -0.4 is 10.1 Å². The van der Waals surface area contributed by atoms with Gasteiger partial charge in [-0.2, -0.15) is 8.42 Å². The van der Waals surface area contributed by atoms with Crippen molar-refractivity contribution in [3.05, 3.63) is 59.7 Å². The van der Waals surface area contributed by atoms with E-state index in [0.29, 0.717) is 30.5 Å². The Balaban J connectivity index is 1.26. The van der Waals surface area contributed by atoms with Gasteiger partial charge in [0.15, 0.2) is 6.61 Å². The third kappa shape index (κ3) is 10.1. The maximum absolute atomic E-state index is 12.6. The fourth-order valence-electron chi connectivity index (χ4n) is 3.96. The number of esters is 2. The van der Waals surface area contributed by atoms with Gasteiger partial charge >= 0.3 is 11.9 Å². The molecule has 1 saturated heterocycles. The smallest absolute Gasteiger partial charge is 0.344 e. The summed E-state index contributed by atoms with van der Waals surface area (Å²) in [6.07, 6.45) is 2.15. The molecule has 2 aromatic carbocycles. The predicted molar refractivity (Wildman–Crippen MR) is 148 cm³/mol. The second-order valence-electron chi connectivity index (χ2n) is 10.0. The van der Waals surface area contributed by atoms with Gasteiger partial charge in [-0.15, -0.1) is 0 Å². The van der Waals surface area contributed by atoms with Crippen LogP contribution in [0.2, 0.25) is 0 Å². The minimum Gasteiger partial charge on any atom is -0.491 e. The fourth-order valence-corrected chi connectivity index (χ4v) is 4.80. The van der Waals surface area contributed by atoms with E-state index in [2.05, 4.69) is 15.1 Å². The van der Waals surface area contributed by atoms with Crippen LogP contribution in [0.3, 0.4) is 0 Å². The first-order valence-electron chi connectivity index (χ1n) is 13.4. The summed E-state index contributed by atoms with van der Waals surface area (Å²) in [7, 11) is -1.68. The Morgan fingerprint density at radius 3 is 2.48 bits per heavy atom. The van der Waals surface area contributed by atoms with Crippen LogP contribution >= 0.6 is 0 Å². The minimum atomic E-state index is -3.73. The Bertz CT molecular complexity index is 1230. The molecule has 40 heavy (non-hydrogen) atoms. The van der Waals surface area contributed by atoms with Gasteiger partial charge in [0.1, 0.15) is 19.1 Å². The summed E-state index contributed by atoms with van der Waals surface area (Å²) in [6, 6.07) is 13.8. The average Bonchev–Trinajstić information content (AvgIpc) is 3.79. The van der Waals surface area contributed by atoms with E-state index in [1.54, 1.807) is 6.07 Å². The highest BCUT2D eigenvalue weighted by molar-refractivity contribution is 7.86. The molecule has 0 aromatic heterocycles. The van der Waals surface area contributed by atoms with Crippen molar-refractivity contribution < 1.29 is 36.4 Å². The number of nitrogens with zero attached hydrogens (tertiary/aromatic N) is 2. The van der Waals surface area contributed by atoms with Crippen LogP contribution in [0.25, 0.3) is 0 Å². The SMILES string of the molecule is CN1CCN(CCS(=O)(=O)OCNc2ccc(C(=O)OCC(=O)OCc3ccccc3)cc2OCC2CC2)CC1. The first kappa shape index (κ1) is 29.8. The summed E-state index contributed by atoms with van der Waals surface area (Å²) in [4.78, 5) is 28.9. The van der Waals surface area contributed by atoms with E-state index < -0.39 is 28.7 Å². The van der Waals surface area contributed by atoms with E-state index >= 15 is 0 Å². The molecular formula is C28H37N3O8S. The molecule has 1 heterocycles. The van der Waals surface area contributed by atoms with Gasteiger partial charge in [-0.3, -0.25) is 4.90 Å². The molecule has 1 aliphatic heterocycles. The highest BCUT2D eigenvalue weighted by Crippen LogP contribution is 2.32. The molecule has 1 aliphatic carbocycles. The minimum absolute atomic E-state index is 0.0877. The van der Waals surface area contributed by atoms with E-state index in [1.165, 1.54) is 12.1 Å². The lowest BCUT2D eigenvalue weighted by molar-refractivity contribution is -0.148. The van der Waals surface area contributed by atoms with Crippen LogP contribution in [-0.2, 0) is 35.2 Å². The van der Waals surface area contributed by atoms with Crippen molar-refractivity contribution in [2.75, 3.05) is 70.8 Å². The molecule has 0 spiro atoms. The Morgan fingerprint density at radius 1 is 1.00 bits per heavy atom. The van der Waals surface area contributed by atoms with Gasteiger partial charge in [0.25, 0.3) is 10.1 Å². The molecule has 11 nitrogen and oxygen atoms in total. The van der Waals surface area contributed by atoms with Gasteiger partial charge in [0.05, 0.1) is 23.6 Å². The zero-order valence-electron chi connectivity index (χ0n) is 22.8. The lowest BCUT2D eigenvalue weighted by Gasteiger charge is -2.32. The Morgan fingerprint density at radius 2 is 1.75 bits per heavy atom. The average molecular weight is 576 g/mol. The fraction of sp³-hybridized carbons (Fsp3) is 0.500. The monoisotopic (exact) mass is 575 g/mol. The number of nitrogens with one attached hydrogen (secondary N) is 1. The van der Waals surface area contributed by atoms with Crippen LogP contribution in [0.15, 0.2) is 48.5 Å². The number of anilines is 1. The normalized spacial score (nSPS) is 16.3. The molecule has 2 aromatic rings. The molecule has 1 saturated carbocycles. The number of hydrogen-bond donors (Lipinski definition) is 1. The molecule has 0 radical (unpaired) electrons. The van der Waals surface area contributed by atoms with Gasteiger partial charge < -0.3 is 24.4 Å². The first-order chi connectivity index (χ1) is 19.3. The molecular weight excluding hydrogens is 538 g/mol. The maximum Gasteiger partial charge on any atom is 0.344 e. The number of piperazine rings is 1. The van der Waals surface area contributed by atoms with Crippen molar-refractivity contribution >= 4 is 27.7 Å². The van der Waals surface area contributed by atoms with Crippen molar-refractivity contribution in [2.45, 2.75) is 19.4 Å². The van der Waals surface area contributed by atoms with E-state index in [0.717, 1.165) is 44.6 Å². The molecule has 0 atom stereocenters. The van der Waals surface area contributed by atoms with Gasteiger partial charge in [-0.1, -0.05) is 30.3 Å². The second-order valence-corrected chi connectivity index (χ2v) is 11.8. The number of carbonyl (C=O) groups excluding carboxylic acids is 2. The Labute approximate surface area is 235 Å². The summed E-state index contributed by atoms with van der Waals surface area (Å²) in [6.45, 7) is 3.66. The van der Waals surface area contributed by atoms with Crippen LogP contribution in [0.5, 0.6) is 5.75 Å². The number of ether oxygens (including phenoxy) is 3. The van der Waals surface area contributed by atoms with Crippen molar-refractivity contribution in [3.8, 4) is 5.75 Å². The zero-order chi connectivity index (χ0) is 28.4. The zero-order valence-corrected chi connectivity index (χ0v) is 23.6. The summed E-state index contributed by atoms with van der Waals surface area (Å²) in [5.41, 5.74) is 1.50. The summed E-state index contributed by atoms with van der Waals surface area (Å²) in [5, 5.41) is 2.93. The quantitative estimate of drug-likeness (QED) is 0.191. The van der Waals surface area contributed by atoms with Crippen LogP contribution in [0.4, 0.5) is 5.69 Å². The second kappa shape index (κ2) is 14.4. The molecule has 218 valence electrons. The molecule has 1 N–H and O–H groups in total. The predicted octanol–water partition coefficient (Wildman–Crippen LogP) is 2.34. The topological polar surface area (TPSA) is 124 Å². The van der Waals surface area contributed by atoms with E-state index in [-0.39, 0.29) is 24.7 Å². The van der Waals surface area contributed by atoms with Crippen molar-refractivity contribution in [2.24, 2.45) is 5.92 Å². The summed E-state index contributed by atoms with van der Waals surface area (Å²) >= 11 is 0. The Hall–Kier alpha value is -3.19. The lowest BCUT2D eigenvalue weighted by atomic mass is 10.2. The number of likely N-dealkylation sites (N-methyl/N-ethyl adjacent to an activating group) is 1. The van der Waals surface area contributed by atoms with Crippen LogP contribution in [0.1, 0.15) is 28.8 Å². The lowest BCUT2D eigenvalue weighted by Crippen LogP contribution is -2.46. The molecule has 12 heteroatoms. The molecule has 0 amide bonds. The highest BCUT2D eigenvalue weighted by atomic mass is 32.2. The van der Waals surface area contributed by atoms with Gasteiger partial charge in [-0.05, 0) is 49.6 Å². The van der Waals surface area contributed by atoms with Gasteiger partial charge in [0, 0.05) is 32.7 Å². The molecule has 2 fully saturated rings. The third-order valence-corrected chi connectivity index (χ3v) is 7.87. The molecule has 0 unspecified atom stereocenters. The van der Waals surface area contributed by atoms with Crippen molar-refractivity contribution in [1.82, 2.24) is 9.80 Å². The van der Waals surface area contributed by atoms with Gasteiger partial charge in [-0.25, -0.2) is 13.8 Å². The highest BCUT2D eigenvalue weighted by Gasteiger charge is 2.23. The third-order valence-electron chi connectivity index (χ3n) is 6.71. The van der Waals surface area contributed by atoms with E-state index in [1.807, 2.05) is 37.4 Å². The van der Waals surface area contributed by atoms with E-state index in [9.17, 15) is 18.0 Å². The maximum atomic E-state index is 12.6. The van der Waals surface area contributed by atoms with E-state index in [4.69, 9.17) is 18.4 Å². The Kier molecular flexibility index (Phi) is 10.8. The number of hydrogen-bond acceptors (Lipinski definition) is 11. The standard InChI is InChI=1S/C28H37N3O8S/c1-30-11-13-31(14-12-30)15-16-40(34,35)39-21-29-25-10-9-24(17-26(25)36-18-23-7-8-23)28(33)38-20-27(32)37-19-22-5-3-2-4-6-22/h2-6,9-10,17,23,29H,7-8,11-16,18-21H2,1H3.